The average Bonchev–Trinajstić information content (AvgIpc) is 2.43. The molecule has 0 radical (unpaired) electrons. The van der Waals surface area contributed by atoms with Crippen LogP contribution in [0.5, 0.6) is 0 Å². The number of amides is 1. The molecule has 2 rings (SSSR count). The molecule has 1 aromatic rings. The van der Waals surface area contributed by atoms with Crippen molar-refractivity contribution in [3.63, 3.8) is 0 Å². The van der Waals surface area contributed by atoms with Gasteiger partial charge in [0.15, 0.2) is 0 Å². The predicted octanol–water partition coefficient (Wildman–Crippen LogP) is 2.42. The molecule has 110 valence electrons. The number of piperidine rings is 1. The van der Waals surface area contributed by atoms with Crippen molar-refractivity contribution in [1.82, 2.24) is 4.31 Å². The number of carbonyl (C=O) groups is 1. The Labute approximate surface area is 124 Å². The molecule has 0 saturated carbocycles. The second-order valence-corrected chi connectivity index (χ2v) is 6.54. The maximum Gasteiger partial charge on any atom is 0.228 e. The first kappa shape index (κ1) is 15.4. The van der Waals surface area contributed by atoms with Crippen molar-refractivity contribution in [3.8, 4) is 0 Å². The maximum atomic E-state index is 13.0. The first-order chi connectivity index (χ1) is 9.47. The smallest absolute Gasteiger partial charge is 0.228 e. The molecule has 1 aromatic carbocycles. The number of halogens is 2. The van der Waals surface area contributed by atoms with Gasteiger partial charge in [-0.3, -0.25) is 4.79 Å². The number of hydrogen-bond donors (Lipinski definition) is 1. The third kappa shape index (κ3) is 3.77. The van der Waals surface area contributed by atoms with Crippen LogP contribution >= 0.6 is 11.6 Å². The fourth-order valence-corrected chi connectivity index (χ4v) is 3.16. The van der Waals surface area contributed by atoms with Gasteiger partial charge in [0.2, 0.25) is 5.91 Å². The van der Waals surface area contributed by atoms with Crippen LogP contribution in [0, 0.1) is 11.7 Å². The lowest BCUT2D eigenvalue weighted by atomic mass is 9.99. The molecule has 1 N–H and O–H groups in total. The minimum Gasteiger partial charge on any atom is -0.326 e. The Hall–Kier alpha value is -0.980. The van der Waals surface area contributed by atoms with E-state index in [1.165, 1.54) is 18.2 Å². The van der Waals surface area contributed by atoms with E-state index in [0.717, 1.165) is 19.4 Å². The summed E-state index contributed by atoms with van der Waals surface area (Å²) in [4.78, 5) is 12.2. The Balaban J connectivity index is 2.00. The van der Waals surface area contributed by atoms with Crippen molar-refractivity contribution in [2.75, 3.05) is 24.7 Å². The Kier molecular flexibility index (Phi) is 5.12. The second kappa shape index (κ2) is 6.65. The lowest BCUT2D eigenvalue weighted by Crippen LogP contribution is -2.41. The van der Waals surface area contributed by atoms with Gasteiger partial charge in [-0.15, -0.1) is 0 Å². The maximum absolute atomic E-state index is 13.0. The van der Waals surface area contributed by atoms with Crippen LogP contribution in [-0.2, 0) is 15.8 Å². The SMILES string of the molecule is CS(=O)N1CCCC(C(=O)Nc2ccc(F)c(Cl)c2)C1. The second-order valence-electron chi connectivity index (χ2n) is 4.77. The molecule has 1 aliphatic rings. The van der Waals surface area contributed by atoms with Crippen LogP contribution < -0.4 is 5.32 Å². The lowest BCUT2D eigenvalue weighted by molar-refractivity contribution is -0.120. The summed E-state index contributed by atoms with van der Waals surface area (Å²) >= 11 is 5.67. The molecule has 2 unspecified atom stereocenters. The highest BCUT2D eigenvalue weighted by Crippen LogP contribution is 2.22. The first-order valence-electron chi connectivity index (χ1n) is 6.32. The topological polar surface area (TPSA) is 49.4 Å². The van der Waals surface area contributed by atoms with Gasteiger partial charge in [-0.1, -0.05) is 11.6 Å². The third-order valence-electron chi connectivity index (χ3n) is 3.31. The quantitative estimate of drug-likeness (QED) is 0.930. The molecule has 1 amide bonds. The molecule has 1 heterocycles. The van der Waals surface area contributed by atoms with Gasteiger partial charge in [-0.05, 0) is 31.0 Å². The molecule has 4 nitrogen and oxygen atoms in total. The predicted molar refractivity (Wildman–Crippen MR) is 78.4 cm³/mol. The van der Waals surface area contributed by atoms with Crippen LogP contribution in [-0.4, -0.2) is 33.8 Å². The fraction of sp³-hybridized carbons (Fsp3) is 0.462. The fourth-order valence-electron chi connectivity index (χ4n) is 2.21. The third-order valence-corrected chi connectivity index (χ3v) is 4.65. The number of hydrogen-bond acceptors (Lipinski definition) is 2. The Morgan fingerprint density at radius 2 is 2.30 bits per heavy atom. The summed E-state index contributed by atoms with van der Waals surface area (Å²) in [5, 5.41) is 2.70. The first-order valence-corrected chi connectivity index (χ1v) is 8.21. The van der Waals surface area contributed by atoms with E-state index in [-0.39, 0.29) is 16.8 Å². The molecule has 0 aliphatic carbocycles. The van der Waals surface area contributed by atoms with Gasteiger partial charge in [-0.25, -0.2) is 12.9 Å². The summed E-state index contributed by atoms with van der Waals surface area (Å²) in [6.07, 6.45) is 3.20. The van der Waals surface area contributed by atoms with Gasteiger partial charge >= 0.3 is 0 Å². The molecule has 7 heteroatoms. The highest BCUT2D eigenvalue weighted by atomic mass is 35.5. The van der Waals surface area contributed by atoms with Crippen molar-refractivity contribution in [3.05, 3.63) is 29.0 Å². The van der Waals surface area contributed by atoms with E-state index in [2.05, 4.69) is 5.32 Å². The van der Waals surface area contributed by atoms with Crippen LogP contribution in [0.4, 0.5) is 10.1 Å². The Morgan fingerprint density at radius 3 is 2.95 bits per heavy atom. The molecule has 20 heavy (non-hydrogen) atoms. The largest absolute Gasteiger partial charge is 0.326 e. The summed E-state index contributed by atoms with van der Waals surface area (Å²) in [6.45, 7) is 1.22. The minimum atomic E-state index is -1.06. The molecule has 0 spiro atoms. The number of anilines is 1. The van der Waals surface area contributed by atoms with Crippen molar-refractivity contribution in [1.29, 1.82) is 0 Å². The van der Waals surface area contributed by atoms with Crippen molar-refractivity contribution in [2.45, 2.75) is 12.8 Å². The van der Waals surface area contributed by atoms with Gasteiger partial charge in [0.05, 0.1) is 21.9 Å². The number of benzene rings is 1. The van der Waals surface area contributed by atoms with Crippen LogP contribution in [0.1, 0.15) is 12.8 Å². The highest BCUT2D eigenvalue weighted by Gasteiger charge is 2.27. The summed E-state index contributed by atoms with van der Waals surface area (Å²) in [6, 6.07) is 4.07. The Morgan fingerprint density at radius 1 is 1.55 bits per heavy atom. The van der Waals surface area contributed by atoms with E-state index in [1.54, 1.807) is 10.6 Å². The molecular formula is C13H16ClFN2O2S. The highest BCUT2D eigenvalue weighted by molar-refractivity contribution is 7.81. The number of carbonyl (C=O) groups excluding carboxylic acids is 1. The molecule has 1 aliphatic heterocycles. The average molecular weight is 319 g/mol. The van der Waals surface area contributed by atoms with Crippen LogP contribution in [0.25, 0.3) is 0 Å². The molecule has 0 aromatic heterocycles. The zero-order valence-electron chi connectivity index (χ0n) is 11.1. The molecule has 2 atom stereocenters. The van der Waals surface area contributed by atoms with Gasteiger partial charge in [-0.2, -0.15) is 0 Å². The summed E-state index contributed by atoms with van der Waals surface area (Å²) < 4.78 is 26.3. The van der Waals surface area contributed by atoms with E-state index in [4.69, 9.17) is 11.6 Å². The standard InChI is InChI=1S/C13H16ClFN2O2S/c1-20(19)17-6-2-3-9(8-17)13(18)16-10-4-5-12(15)11(14)7-10/h4-5,7,9H,2-3,6,8H2,1H3,(H,16,18). The minimum absolute atomic E-state index is 0.0252. The van der Waals surface area contributed by atoms with Gasteiger partial charge in [0.25, 0.3) is 0 Å². The van der Waals surface area contributed by atoms with Crippen molar-refractivity contribution in [2.24, 2.45) is 5.92 Å². The summed E-state index contributed by atoms with van der Waals surface area (Å²) in [5.74, 6) is -0.880. The van der Waals surface area contributed by atoms with Gasteiger partial charge in [0.1, 0.15) is 5.82 Å². The Bertz CT molecular complexity index is 541. The van der Waals surface area contributed by atoms with Gasteiger partial charge in [0, 0.05) is 25.0 Å². The van der Waals surface area contributed by atoms with E-state index < -0.39 is 16.8 Å². The van der Waals surface area contributed by atoms with E-state index >= 15 is 0 Å². The monoisotopic (exact) mass is 318 g/mol. The lowest BCUT2D eigenvalue weighted by Gasteiger charge is -2.29. The zero-order chi connectivity index (χ0) is 14.7. The molecule has 1 saturated heterocycles. The van der Waals surface area contributed by atoms with Crippen molar-refractivity contribution < 1.29 is 13.4 Å². The molecular weight excluding hydrogens is 303 g/mol. The number of nitrogens with zero attached hydrogens (tertiary/aromatic N) is 1. The number of rotatable bonds is 3. The summed E-state index contributed by atoms with van der Waals surface area (Å²) in [7, 11) is -1.06. The van der Waals surface area contributed by atoms with E-state index in [0.29, 0.717) is 12.2 Å². The summed E-state index contributed by atoms with van der Waals surface area (Å²) in [5.41, 5.74) is 0.469. The van der Waals surface area contributed by atoms with E-state index in [9.17, 15) is 13.4 Å². The van der Waals surface area contributed by atoms with Crippen LogP contribution in [0.2, 0.25) is 5.02 Å². The van der Waals surface area contributed by atoms with Crippen LogP contribution in [0.15, 0.2) is 18.2 Å². The van der Waals surface area contributed by atoms with Crippen molar-refractivity contribution >= 4 is 34.2 Å². The van der Waals surface area contributed by atoms with Gasteiger partial charge < -0.3 is 5.32 Å². The van der Waals surface area contributed by atoms with Crippen LogP contribution in [0.3, 0.4) is 0 Å². The van der Waals surface area contributed by atoms with E-state index in [1.807, 2.05) is 0 Å². The normalized spacial score (nSPS) is 21.4. The zero-order valence-corrected chi connectivity index (χ0v) is 12.6. The molecule has 1 fully saturated rings. The number of nitrogens with one attached hydrogen (secondary N) is 1. The molecule has 0 bridgehead atoms.